The molecule has 7 nitrogen and oxygen atoms in total. The van der Waals surface area contributed by atoms with Gasteiger partial charge in [-0.3, -0.25) is 9.78 Å². The first kappa shape index (κ1) is 23.9. The summed E-state index contributed by atoms with van der Waals surface area (Å²) in [5.41, 5.74) is 3.97. The number of nitrogens with zero attached hydrogens (tertiary/aromatic N) is 5. The van der Waals surface area contributed by atoms with Crippen LogP contribution in [0.3, 0.4) is 0 Å². The van der Waals surface area contributed by atoms with Crippen molar-refractivity contribution in [1.29, 1.82) is 0 Å². The minimum atomic E-state index is -0.250. The van der Waals surface area contributed by atoms with Crippen LogP contribution in [-0.4, -0.2) is 61.6 Å². The highest BCUT2D eigenvalue weighted by Gasteiger charge is 2.60. The molecule has 1 N–H and O–H groups in total. The second kappa shape index (κ2) is 10.4. The third kappa shape index (κ3) is 5.31. The number of carboxylic acid groups (broad SMARTS) is 1. The van der Waals surface area contributed by atoms with Crippen LogP contribution in [-0.2, 0) is 17.3 Å². The average Bonchev–Trinajstić information content (AvgIpc) is 3.18. The highest BCUT2D eigenvalue weighted by Crippen LogP contribution is 2.59. The van der Waals surface area contributed by atoms with Crippen molar-refractivity contribution in [3.8, 4) is 11.4 Å². The molecule has 5 rings (SSSR count). The molecule has 1 aliphatic carbocycles. The standard InChI is InChI=1S/C23H26BrN5S.CH2O2/c1-16-4-5-17(13-25-16)21-26-27-22(28(21)2)30-11-3-10-29-14-19-12-23(19,15-29)18-6-8-20(24)9-7-18;2-1-3/h4-9,13,19H,3,10-12,14-15H2,1-2H3;1H,(H,2,3)/t19-,23?;/m0./s1. The van der Waals surface area contributed by atoms with E-state index in [4.69, 9.17) is 9.90 Å². The molecule has 2 fully saturated rings. The zero-order valence-electron chi connectivity index (χ0n) is 18.8. The van der Waals surface area contributed by atoms with E-state index in [1.54, 1.807) is 11.8 Å². The van der Waals surface area contributed by atoms with Gasteiger partial charge in [-0.05, 0) is 62.1 Å². The number of benzene rings is 1. The lowest BCUT2D eigenvalue weighted by Gasteiger charge is -2.21. The van der Waals surface area contributed by atoms with Crippen molar-refractivity contribution in [3.05, 3.63) is 58.3 Å². The third-order valence-corrected chi connectivity index (χ3v) is 8.12. The summed E-state index contributed by atoms with van der Waals surface area (Å²) in [6.45, 7) is 5.36. The minimum absolute atomic E-state index is 0.250. The molecule has 0 spiro atoms. The van der Waals surface area contributed by atoms with E-state index in [9.17, 15) is 0 Å². The van der Waals surface area contributed by atoms with Crippen molar-refractivity contribution < 1.29 is 9.90 Å². The smallest absolute Gasteiger partial charge is 0.290 e. The number of thioether (sulfide) groups is 1. The molecule has 1 saturated heterocycles. The molecule has 1 aliphatic heterocycles. The Morgan fingerprint density at radius 1 is 1.24 bits per heavy atom. The number of fused-ring (bicyclic) bond motifs is 1. The van der Waals surface area contributed by atoms with Crippen molar-refractivity contribution in [3.63, 3.8) is 0 Å². The molecule has 1 saturated carbocycles. The molecule has 1 aromatic carbocycles. The third-order valence-electron chi connectivity index (χ3n) is 6.49. The number of halogens is 1. The van der Waals surface area contributed by atoms with Gasteiger partial charge in [0.25, 0.3) is 6.47 Å². The number of likely N-dealkylation sites (tertiary alicyclic amines) is 1. The van der Waals surface area contributed by atoms with Crippen LogP contribution < -0.4 is 0 Å². The van der Waals surface area contributed by atoms with Crippen LogP contribution in [0.2, 0.25) is 0 Å². The monoisotopic (exact) mass is 529 g/mol. The van der Waals surface area contributed by atoms with E-state index in [-0.39, 0.29) is 6.47 Å². The molecule has 174 valence electrons. The minimum Gasteiger partial charge on any atom is -0.483 e. The summed E-state index contributed by atoms with van der Waals surface area (Å²) in [4.78, 5) is 15.4. The lowest BCUT2D eigenvalue weighted by molar-refractivity contribution is -0.122. The highest BCUT2D eigenvalue weighted by molar-refractivity contribution is 9.10. The molecule has 33 heavy (non-hydrogen) atoms. The Balaban J connectivity index is 0.000000821. The molecule has 1 unspecified atom stereocenters. The molecule has 9 heteroatoms. The maximum atomic E-state index is 8.36. The number of piperidine rings is 1. The molecule has 3 aromatic rings. The summed E-state index contributed by atoms with van der Waals surface area (Å²) < 4.78 is 3.24. The molecule has 0 amide bonds. The Morgan fingerprint density at radius 2 is 2.00 bits per heavy atom. The normalized spacial score (nSPS) is 21.2. The maximum absolute atomic E-state index is 8.36. The summed E-state index contributed by atoms with van der Waals surface area (Å²) in [6.07, 6.45) is 4.39. The second-order valence-electron chi connectivity index (χ2n) is 8.66. The molecule has 0 radical (unpaired) electrons. The average molecular weight is 530 g/mol. The molecule has 0 bridgehead atoms. The van der Waals surface area contributed by atoms with Gasteiger partial charge in [0.15, 0.2) is 11.0 Å². The van der Waals surface area contributed by atoms with E-state index in [0.717, 1.165) is 44.9 Å². The van der Waals surface area contributed by atoms with Gasteiger partial charge in [-0.15, -0.1) is 10.2 Å². The fourth-order valence-corrected chi connectivity index (χ4v) is 5.83. The SMILES string of the molecule is Cc1ccc(-c2nnc(SCCCN3C[C@@H]4CC4(c4ccc(Br)cc4)C3)n2C)cn1.O=CO. The van der Waals surface area contributed by atoms with Gasteiger partial charge in [0, 0.05) is 53.2 Å². The summed E-state index contributed by atoms with van der Waals surface area (Å²) >= 11 is 5.35. The fraction of sp³-hybridized carbons (Fsp3) is 0.417. The van der Waals surface area contributed by atoms with Gasteiger partial charge < -0.3 is 14.6 Å². The van der Waals surface area contributed by atoms with Crippen molar-refractivity contribution in [2.75, 3.05) is 25.4 Å². The Hall–Kier alpha value is -2.23. The van der Waals surface area contributed by atoms with Crippen LogP contribution in [0.25, 0.3) is 11.4 Å². The summed E-state index contributed by atoms with van der Waals surface area (Å²) in [5.74, 6) is 2.78. The van der Waals surface area contributed by atoms with E-state index in [1.807, 2.05) is 26.2 Å². The predicted molar refractivity (Wildman–Crippen MR) is 133 cm³/mol. The van der Waals surface area contributed by atoms with Gasteiger partial charge in [0.05, 0.1) is 0 Å². The molecular weight excluding hydrogens is 502 g/mol. The molecule has 2 aliphatic rings. The first-order valence-electron chi connectivity index (χ1n) is 11.0. The van der Waals surface area contributed by atoms with Crippen molar-refractivity contribution >= 4 is 34.2 Å². The first-order valence-corrected chi connectivity index (χ1v) is 12.8. The van der Waals surface area contributed by atoms with Crippen LogP contribution in [0.1, 0.15) is 24.1 Å². The van der Waals surface area contributed by atoms with Gasteiger partial charge in [-0.1, -0.05) is 39.8 Å². The first-order chi connectivity index (χ1) is 16.0. The van der Waals surface area contributed by atoms with E-state index < -0.39 is 0 Å². The zero-order valence-corrected chi connectivity index (χ0v) is 21.2. The Morgan fingerprint density at radius 3 is 2.70 bits per heavy atom. The molecule has 2 atom stereocenters. The van der Waals surface area contributed by atoms with Gasteiger partial charge in [-0.25, -0.2) is 0 Å². The lowest BCUT2D eigenvalue weighted by atomic mass is 9.95. The number of rotatable bonds is 7. The van der Waals surface area contributed by atoms with E-state index in [0.29, 0.717) is 5.41 Å². The fourth-order valence-electron chi connectivity index (χ4n) is 4.73. The number of hydrogen-bond acceptors (Lipinski definition) is 6. The van der Waals surface area contributed by atoms with Crippen LogP contribution in [0.15, 0.2) is 52.2 Å². The van der Waals surface area contributed by atoms with Crippen LogP contribution in [0.4, 0.5) is 0 Å². The Kier molecular flexibility index (Phi) is 7.51. The number of aromatic nitrogens is 4. The van der Waals surface area contributed by atoms with Crippen molar-refractivity contribution in [2.24, 2.45) is 13.0 Å². The largest absolute Gasteiger partial charge is 0.483 e. The van der Waals surface area contributed by atoms with Gasteiger partial charge in [0.1, 0.15) is 0 Å². The number of hydrogen-bond donors (Lipinski definition) is 1. The van der Waals surface area contributed by atoms with Gasteiger partial charge in [-0.2, -0.15) is 0 Å². The summed E-state index contributed by atoms with van der Waals surface area (Å²) in [6, 6.07) is 13.0. The summed E-state index contributed by atoms with van der Waals surface area (Å²) in [7, 11) is 2.04. The van der Waals surface area contributed by atoms with Crippen molar-refractivity contribution in [1.82, 2.24) is 24.6 Å². The van der Waals surface area contributed by atoms with E-state index in [1.165, 1.54) is 31.5 Å². The number of carbonyl (C=O) groups is 1. The molecular formula is C24H28BrN5O2S. The topological polar surface area (TPSA) is 84.1 Å². The number of aryl methyl sites for hydroxylation is 1. The Bertz CT molecular complexity index is 1090. The second-order valence-corrected chi connectivity index (χ2v) is 10.6. The summed E-state index contributed by atoms with van der Waals surface area (Å²) in [5, 5.41) is 16.6. The van der Waals surface area contributed by atoms with E-state index in [2.05, 4.69) is 70.9 Å². The van der Waals surface area contributed by atoms with Crippen LogP contribution in [0.5, 0.6) is 0 Å². The van der Waals surface area contributed by atoms with E-state index >= 15 is 0 Å². The molecule has 2 aromatic heterocycles. The Labute approximate surface area is 206 Å². The predicted octanol–water partition coefficient (Wildman–Crippen LogP) is 4.40. The van der Waals surface area contributed by atoms with Crippen molar-refractivity contribution in [2.45, 2.75) is 30.3 Å². The lowest BCUT2D eigenvalue weighted by Crippen LogP contribution is -2.27. The van der Waals surface area contributed by atoms with Crippen LogP contribution >= 0.6 is 27.7 Å². The highest BCUT2D eigenvalue weighted by atomic mass is 79.9. The maximum Gasteiger partial charge on any atom is 0.290 e. The quantitative estimate of drug-likeness (QED) is 0.275. The molecule has 3 heterocycles. The number of pyridine rings is 1. The zero-order chi connectivity index (χ0) is 23.4. The van der Waals surface area contributed by atoms with Gasteiger partial charge >= 0.3 is 0 Å². The van der Waals surface area contributed by atoms with Gasteiger partial charge in [0.2, 0.25) is 0 Å². The van der Waals surface area contributed by atoms with Crippen LogP contribution in [0, 0.1) is 12.8 Å².